The first kappa shape index (κ1) is 26.5. The maximum absolute atomic E-state index is 13.4. The fourth-order valence-corrected chi connectivity index (χ4v) is 6.95. The van der Waals surface area contributed by atoms with Crippen molar-refractivity contribution < 1.29 is 38.1 Å². The minimum absolute atomic E-state index is 0.125. The van der Waals surface area contributed by atoms with Crippen molar-refractivity contribution in [3.63, 3.8) is 0 Å². The molecule has 3 amide bonds. The smallest absolute Gasteiger partial charge is 0.378 e. The van der Waals surface area contributed by atoms with Crippen molar-refractivity contribution in [1.29, 1.82) is 0 Å². The van der Waals surface area contributed by atoms with Crippen LogP contribution in [0.4, 0.5) is 4.79 Å². The molecule has 4 aliphatic rings. The average molecular weight is 558 g/mol. The summed E-state index contributed by atoms with van der Waals surface area (Å²) < 4.78 is 8.77. The molecule has 3 atom stereocenters. The molecule has 38 heavy (non-hydrogen) atoms. The predicted octanol–water partition coefficient (Wildman–Crippen LogP) is -1.24. The van der Waals surface area contributed by atoms with Crippen LogP contribution < -0.4 is 5.84 Å². The van der Waals surface area contributed by atoms with E-state index in [-0.39, 0.29) is 43.4 Å². The summed E-state index contributed by atoms with van der Waals surface area (Å²) in [7, 11) is 10.2. The van der Waals surface area contributed by atoms with Gasteiger partial charge in [0, 0.05) is 31.2 Å². The third kappa shape index (κ3) is 4.14. The Morgan fingerprint density at radius 3 is 2.47 bits per heavy atom. The van der Waals surface area contributed by atoms with E-state index in [0.717, 1.165) is 16.8 Å². The Kier molecular flexibility index (Phi) is 6.67. The number of rotatable bonds is 9. The lowest BCUT2D eigenvalue weighted by Crippen LogP contribution is -2.60. The van der Waals surface area contributed by atoms with Gasteiger partial charge in [-0.3, -0.25) is 24.3 Å². The molecule has 1 saturated carbocycles. The zero-order valence-corrected chi connectivity index (χ0v) is 21.7. The molecule has 0 bridgehead atoms. The first-order valence-electron chi connectivity index (χ1n) is 11.4. The van der Waals surface area contributed by atoms with E-state index < -0.39 is 45.5 Å². The SMILES string of the molecule is [B]OC(=O)C1(O/N=C(\C(=O)C[C@@H]2C(=O)N3C[C@@](C(=O)O[B])(N4CCN(N)C4=O)S[C@H]23)c2csc(C)n2)CC1. The second-order valence-corrected chi connectivity index (χ2v) is 11.7. The minimum Gasteiger partial charge on any atom is -0.541 e. The van der Waals surface area contributed by atoms with Crippen LogP contribution in [-0.2, 0) is 33.3 Å². The topological polar surface area (TPSA) is 174 Å². The van der Waals surface area contributed by atoms with Gasteiger partial charge in [-0.1, -0.05) is 16.9 Å². The lowest BCUT2D eigenvalue weighted by molar-refractivity contribution is -0.153. The number of Topliss-reactive ketones (excluding diaryl/α,β-unsaturated/α-hetero) is 1. The molecular weight excluding hydrogens is 538 g/mol. The summed E-state index contributed by atoms with van der Waals surface area (Å²) in [4.78, 5) is 74.4. The molecule has 18 heteroatoms. The Balaban J connectivity index is 1.36. The summed E-state index contributed by atoms with van der Waals surface area (Å²) in [6, 6.07) is -0.610. The first-order chi connectivity index (χ1) is 18.1. The number of thiazole rings is 1. The predicted molar refractivity (Wildman–Crippen MR) is 132 cm³/mol. The maximum Gasteiger partial charge on any atom is 0.378 e. The van der Waals surface area contributed by atoms with Crippen molar-refractivity contribution in [3.05, 3.63) is 16.1 Å². The minimum atomic E-state index is -1.61. The molecule has 4 heterocycles. The highest BCUT2D eigenvalue weighted by atomic mass is 32.2. The number of hydrazine groups is 1. The summed E-state index contributed by atoms with van der Waals surface area (Å²) in [6.07, 6.45) is 0.339. The van der Waals surface area contributed by atoms with E-state index >= 15 is 0 Å². The standard InChI is InChI=1S/C20H20B2N6O8S2/c1-9-24-11(7-37-9)13(25-36-19(2-3-19)16(31)34-21)12(29)6-10-14(30)26-8-20(17(32)35-22,38-15(10)26)27-4-5-28(23)18(27)33/h7,10,15H,2-6,8,23H2,1H3/b25-13-/t10-,15-,20-/m1/s1. The Labute approximate surface area is 227 Å². The number of ketones is 1. The number of hydrogen-bond donors (Lipinski definition) is 1. The van der Waals surface area contributed by atoms with E-state index in [1.54, 1.807) is 12.3 Å². The Hall–Kier alpha value is -3.11. The molecule has 5 rings (SSSR count). The average Bonchev–Trinajstić information content (AvgIpc) is 3.26. The van der Waals surface area contributed by atoms with E-state index in [1.807, 2.05) is 0 Å². The van der Waals surface area contributed by atoms with Gasteiger partial charge in [0.25, 0.3) is 0 Å². The highest BCUT2D eigenvalue weighted by Crippen LogP contribution is 2.53. The van der Waals surface area contributed by atoms with Crippen molar-refractivity contribution in [2.45, 2.75) is 42.0 Å². The van der Waals surface area contributed by atoms with Crippen LogP contribution >= 0.6 is 23.1 Å². The van der Waals surface area contributed by atoms with Gasteiger partial charge in [0.1, 0.15) is 5.69 Å². The fourth-order valence-electron chi connectivity index (χ4n) is 4.61. The molecule has 0 spiro atoms. The van der Waals surface area contributed by atoms with Crippen molar-refractivity contribution in [2.24, 2.45) is 16.9 Å². The number of nitrogens with two attached hydrogens (primary N) is 1. The number of carbonyl (C=O) groups is 5. The highest BCUT2D eigenvalue weighted by Gasteiger charge is 2.66. The van der Waals surface area contributed by atoms with Gasteiger partial charge in [0.05, 0.1) is 29.4 Å². The molecule has 3 saturated heterocycles. The van der Waals surface area contributed by atoms with Crippen molar-refractivity contribution in [3.8, 4) is 0 Å². The number of β-lactam (4-membered cyclic amide) rings is 1. The number of amides is 3. The van der Waals surface area contributed by atoms with Crippen LogP contribution in [0.1, 0.15) is 30.0 Å². The number of carbonyl (C=O) groups excluding carboxylic acids is 5. The normalized spacial score (nSPS) is 27.6. The number of oxime groups is 1. The third-order valence-electron chi connectivity index (χ3n) is 6.88. The Morgan fingerprint density at radius 2 is 1.92 bits per heavy atom. The number of urea groups is 1. The van der Waals surface area contributed by atoms with E-state index in [0.29, 0.717) is 17.8 Å². The molecule has 196 valence electrons. The summed E-state index contributed by atoms with van der Waals surface area (Å²) >= 11 is 2.28. The van der Waals surface area contributed by atoms with Crippen molar-refractivity contribution in [1.82, 2.24) is 19.8 Å². The number of hydrogen-bond acceptors (Lipinski definition) is 13. The van der Waals surface area contributed by atoms with E-state index in [4.69, 9.17) is 26.8 Å². The van der Waals surface area contributed by atoms with Gasteiger partial charge in [-0.2, -0.15) is 0 Å². The Morgan fingerprint density at radius 1 is 1.21 bits per heavy atom. The van der Waals surface area contributed by atoms with Gasteiger partial charge < -0.3 is 19.0 Å². The van der Waals surface area contributed by atoms with Crippen LogP contribution in [0.2, 0.25) is 0 Å². The number of nitrogens with zero attached hydrogens (tertiary/aromatic N) is 5. The van der Waals surface area contributed by atoms with E-state index in [1.165, 1.54) is 21.1 Å². The molecule has 3 aliphatic heterocycles. The lowest BCUT2D eigenvalue weighted by atomic mass is 9.90. The Bertz CT molecular complexity index is 1260. The van der Waals surface area contributed by atoms with Crippen LogP contribution in [0.5, 0.6) is 0 Å². The summed E-state index contributed by atoms with van der Waals surface area (Å²) in [5, 5.41) is 6.55. The highest BCUT2D eigenvalue weighted by molar-refractivity contribution is 8.02. The summed E-state index contributed by atoms with van der Waals surface area (Å²) in [6.45, 7) is 1.87. The number of aryl methyl sites for hydroxylation is 1. The zero-order valence-electron chi connectivity index (χ0n) is 20.0. The molecule has 1 aromatic rings. The molecular formula is C20H20B2N6O8S2. The molecule has 4 fully saturated rings. The van der Waals surface area contributed by atoms with Gasteiger partial charge in [0.2, 0.25) is 16.4 Å². The fraction of sp³-hybridized carbons (Fsp3) is 0.550. The van der Waals surface area contributed by atoms with Gasteiger partial charge in [-0.25, -0.2) is 20.4 Å². The van der Waals surface area contributed by atoms with Crippen LogP contribution in [0, 0.1) is 12.8 Å². The molecule has 14 nitrogen and oxygen atoms in total. The summed E-state index contributed by atoms with van der Waals surface area (Å²) in [5.41, 5.74) is -1.30. The largest absolute Gasteiger partial charge is 0.541 e. The van der Waals surface area contributed by atoms with Gasteiger partial charge in [-0.15, -0.1) is 11.3 Å². The number of fused-ring (bicyclic) bond motifs is 1. The van der Waals surface area contributed by atoms with Gasteiger partial charge in [-0.05, 0) is 6.92 Å². The first-order valence-corrected chi connectivity index (χ1v) is 13.2. The quantitative estimate of drug-likeness (QED) is 0.0959. The van der Waals surface area contributed by atoms with Gasteiger partial charge in [0.15, 0.2) is 11.5 Å². The van der Waals surface area contributed by atoms with Crippen LogP contribution in [0.3, 0.4) is 0 Å². The molecule has 0 unspecified atom stereocenters. The molecule has 4 radical (unpaired) electrons. The second kappa shape index (κ2) is 9.57. The van der Waals surface area contributed by atoms with E-state index in [2.05, 4.69) is 19.4 Å². The monoisotopic (exact) mass is 558 g/mol. The van der Waals surface area contributed by atoms with Crippen LogP contribution in [0.25, 0.3) is 0 Å². The van der Waals surface area contributed by atoms with Crippen LogP contribution in [0.15, 0.2) is 10.5 Å². The number of thioether (sulfide) groups is 1. The zero-order chi connectivity index (χ0) is 27.4. The maximum atomic E-state index is 13.4. The molecule has 2 N–H and O–H groups in total. The number of aromatic nitrogens is 1. The van der Waals surface area contributed by atoms with Crippen molar-refractivity contribution in [2.75, 3.05) is 19.6 Å². The molecule has 0 aromatic carbocycles. The second-order valence-electron chi connectivity index (χ2n) is 9.21. The van der Waals surface area contributed by atoms with Gasteiger partial charge >= 0.3 is 34.1 Å². The molecule has 1 aromatic heterocycles. The third-order valence-corrected chi connectivity index (χ3v) is 9.39. The van der Waals surface area contributed by atoms with E-state index in [9.17, 15) is 24.0 Å². The molecule has 1 aliphatic carbocycles. The lowest BCUT2D eigenvalue weighted by Gasteiger charge is -2.40. The van der Waals surface area contributed by atoms with Crippen molar-refractivity contribution >= 4 is 74.6 Å². The van der Waals surface area contributed by atoms with Crippen LogP contribution in [-0.4, -0.2) is 107 Å². The summed E-state index contributed by atoms with van der Waals surface area (Å²) in [5.74, 6) is 2.18.